The molecule has 2 aromatic heterocycles. The minimum atomic E-state index is -0.506. The average Bonchev–Trinajstić information content (AvgIpc) is 3.36. The third-order valence-electron chi connectivity index (χ3n) is 6.44. The number of nitrogens with zero attached hydrogens (tertiary/aromatic N) is 4. The van der Waals surface area contributed by atoms with E-state index in [9.17, 15) is 14.3 Å². The molecule has 1 aliphatic heterocycles. The van der Waals surface area contributed by atoms with Crippen LogP contribution in [-0.4, -0.2) is 37.9 Å². The highest BCUT2D eigenvalue weighted by molar-refractivity contribution is 6.32. The minimum Gasteiger partial charge on any atom is -0.507 e. The van der Waals surface area contributed by atoms with Crippen molar-refractivity contribution in [2.75, 3.05) is 18.0 Å². The van der Waals surface area contributed by atoms with Crippen molar-refractivity contribution in [2.45, 2.75) is 18.9 Å². The summed E-state index contributed by atoms with van der Waals surface area (Å²) in [7, 11) is 1.65. The van der Waals surface area contributed by atoms with E-state index in [1.807, 2.05) is 13.0 Å². The Balaban J connectivity index is 1.54. The van der Waals surface area contributed by atoms with E-state index in [1.165, 1.54) is 21.3 Å². The van der Waals surface area contributed by atoms with E-state index in [1.54, 1.807) is 50.0 Å². The van der Waals surface area contributed by atoms with Gasteiger partial charge in [-0.1, -0.05) is 17.7 Å². The molecule has 9 heteroatoms. The molecule has 2 aromatic carbocycles. The van der Waals surface area contributed by atoms with Crippen molar-refractivity contribution in [2.24, 2.45) is 12.8 Å². The number of rotatable bonds is 4. The summed E-state index contributed by atoms with van der Waals surface area (Å²) >= 11 is 6.49. The molecule has 0 spiro atoms. The standard InChI is InChI=1S/C26H25ClFN5O2/c1-26(29)5-6-32(15-26)19-9-17(13-30-14-19)21-12-18(28)11-20(24(21)34)16-3-4-23(22(27)10-16)33-8-7-31(2)25(33)35/h3-4,7-14,34H,5-6,15,29H2,1-2H3/t26-/m0/s1. The molecule has 0 aliphatic carbocycles. The lowest BCUT2D eigenvalue weighted by Gasteiger charge is -2.22. The Morgan fingerprint density at radius 1 is 1.11 bits per heavy atom. The lowest BCUT2D eigenvalue weighted by molar-refractivity contribution is 0.477. The zero-order valence-corrected chi connectivity index (χ0v) is 20.1. The molecule has 1 saturated heterocycles. The number of halogens is 2. The summed E-state index contributed by atoms with van der Waals surface area (Å²) in [5.41, 5.74) is 8.82. The van der Waals surface area contributed by atoms with Crippen LogP contribution in [0.25, 0.3) is 27.9 Å². The quantitative estimate of drug-likeness (QED) is 0.441. The van der Waals surface area contributed by atoms with Gasteiger partial charge in [-0.3, -0.25) is 9.55 Å². The lowest BCUT2D eigenvalue weighted by atomic mass is 9.97. The number of imidazole rings is 1. The van der Waals surface area contributed by atoms with Crippen LogP contribution in [0.15, 0.2) is 66.0 Å². The van der Waals surface area contributed by atoms with Crippen molar-refractivity contribution in [3.8, 4) is 33.7 Å². The molecule has 180 valence electrons. The molecular weight excluding hydrogens is 469 g/mol. The van der Waals surface area contributed by atoms with Gasteiger partial charge in [-0.05, 0) is 49.2 Å². The van der Waals surface area contributed by atoms with Crippen LogP contribution in [0.3, 0.4) is 0 Å². The smallest absolute Gasteiger partial charge is 0.332 e. The Kier molecular flexibility index (Phi) is 5.65. The van der Waals surface area contributed by atoms with E-state index >= 15 is 0 Å². The first-order valence-corrected chi connectivity index (χ1v) is 11.6. The Bertz CT molecular complexity index is 1490. The second kappa shape index (κ2) is 8.55. The highest BCUT2D eigenvalue weighted by Crippen LogP contribution is 2.41. The van der Waals surface area contributed by atoms with Gasteiger partial charge in [0, 0.05) is 61.0 Å². The SMILES string of the molecule is Cn1ccn(-c2ccc(-c3cc(F)cc(-c4cncc(N5CC[C@](C)(N)C5)c4)c3O)cc2Cl)c1=O. The van der Waals surface area contributed by atoms with Crippen molar-refractivity contribution in [3.05, 3.63) is 82.5 Å². The number of aromatic nitrogens is 3. The van der Waals surface area contributed by atoms with Crippen LogP contribution in [0.1, 0.15) is 13.3 Å². The van der Waals surface area contributed by atoms with E-state index in [2.05, 4.69) is 9.88 Å². The maximum Gasteiger partial charge on any atom is 0.332 e. The zero-order chi connectivity index (χ0) is 24.9. The van der Waals surface area contributed by atoms with Crippen LogP contribution in [0.2, 0.25) is 5.02 Å². The van der Waals surface area contributed by atoms with E-state index in [-0.39, 0.29) is 22.5 Å². The fourth-order valence-corrected chi connectivity index (χ4v) is 4.78. The number of aryl methyl sites for hydroxylation is 1. The largest absolute Gasteiger partial charge is 0.507 e. The molecule has 1 atom stereocenters. The first kappa shape index (κ1) is 23.1. The Morgan fingerprint density at radius 3 is 2.49 bits per heavy atom. The van der Waals surface area contributed by atoms with Crippen LogP contribution in [0.5, 0.6) is 5.75 Å². The molecule has 7 nitrogen and oxygen atoms in total. The number of aromatic hydroxyl groups is 1. The number of hydrogen-bond donors (Lipinski definition) is 2. The minimum absolute atomic E-state index is 0.0869. The molecule has 1 aliphatic rings. The molecule has 5 rings (SSSR count). The van der Waals surface area contributed by atoms with Crippen LogP contribution < -0.4 is 16.3 Å². The summed E-state index contributed by atoms with van der Waals surface area (Å²) in [5, 5.41) is 11.4. The molecule has 3 N–H and O–H groups in total. The lowest BCUT2D eigenvalue weighted by Crippen LogP contribution is -2.39. The molecule has 0 bridgehead atoms. The fourth-order valence-electron chi connectivity index (χ4n) is 4.51. The fraction of sp³-hybridized carbons (Fsp3) is 0.231. The molecule has 0 amide bonds. The summed E-state index contributed by atoms with van der Waals surface area (Å²) in [4.78, 5) is 18.8. The third-order valence-corrected chi connectivity index (χ3v) is 6.75. The molecule has 35 heavy (non-hydrogen) atoms. The molecule has 0 saturated carbocycles. The van der Waals surface area contributed by atoms with Crippen molar-refractivity contribution < 1.29 is 9.50 Å². The first-order chi connectivity index (χ1) is 16.6. The maximum atomic E-state index is 14.7. The van der Waals surface area contributed by atoms with E-state index in [0.717, 1.165) is 18.7 Å². The summed E-state index contributed by atoms with van der Waals surface area (Å²) in [6.45, 7) is 3.50. The van der Waals surface area contributed by atoms with Crippen molar-refractivity contribution >= 4 is 17.3 Å². The Labute approximate surface area is 206 Å². The number of phenols is 1. The van der Waals surface area contributed by atoms with Gasteiger partial charge in [0.05, 0.1) is 22.6 Å². The highest BCUT2D eigenvalue weighted by Gasteiger charge is 2.30. The topological polar surface area (TPSA) is 89.3 Å². The Morgan fingerprint density at radius 2 is 1.86 bits per heavy atom. The molecule has 4 aromatic rings. The zero-order valence-electron chi connectivity index (χ0n) is 19.4. The van der Waals surface area contributed by atoms with Gasteiger partial charge in [0.15, 0.2) is 0 Å². The van der Waals surface area contributed by atoms with Crippen LogP contribution >= 0.6 is 11.6 Å². The van der Waals surface area contributed by atoms with Gasteiger partial charge in [-0.2, -0.15) is 0 Å². The monoisotopic (exact) mass is 493 g/mol. The average molecular weight is 494 g/mol. The third kappa shape index (κ3) is 4.31. The Hall–Kier alpha value is -3.62. The second-order valence-electron chi connectivity index (χ2n) is 9.33. The van der Waals surface area contributed by atoms with Gasteiger partial charge in [-0.15, -0.1) is 0 Å². The predicted octanol–water partition coefficient (Wildman–Crippen LogP) is 4.33. The molecule has 0 radical (unpaired) electrons. The number of pyridine rings is 1. The maximum absolute atomic E-state index is 14.7. The summed E-state index contributed by atoms with van der Waals surface area (Å²) in [6.07, 6.45) is 7.45. The van der Waals surface area contributed by atoms with Gasteiger partial charge < -0.3 is 20.3 Å². The van der Waals surface area contributed by atoms with Gasteiger partial charge in [0.1, 0.15) is 11.6 Å². The van der Waals surface area contributed by atoms with Crippen molar-refractivity contribution in [1.29, 1.82) is 0 Å². The first-order valence-electron chi connectivity index (χ1n) is 11.2. The van der Waals surface area contributed by atoms with Gasteiger partial charge >= 0.3 is 5.69 Å². The van der Waals surface area contributed by atoms with E-state index in [0.29, 0.717) is 33.9 Å². The van der Waals surface area contributed by atoms with Gasteiger partial charge in [-0.25, -0.2) is 9.18 Å². The van der Waals surface area contributed by atoms with Crippen molar-refractivity contribution in [1.82, 2.24) is 14.1 Å². The van der Waals surface area contributed by atoms with Gasteiger partial charge in [0.2, 0.25) is 0 Å². The number of benzene rings is 2. The highest BCUT2D eigenvalue weighted by atomic mass is 35.5. The van der Waals surface area contributed by atoms with E-state index in [4.69, 9.17) is 17.3 Å². The number of phenolic OH excluding ortho intramolecular Hbond substituents is 1. The second-order valence-corrected chi connectivity index (χ2v) is 9.74. The van der Waals surface area contributed by atoms with E-state index < -0.39 is 5.82 Å². The summed E-state index contributed by atoms with van der Waals surface area (Å²) < 4.78 is 17.6. The molecule has 0 unspecified atom stereocenters. The van der Waals surface area contributed by atoms with Gasteiger partial charge in [0.25, 0.3) is 0 Å². The number of anilines is 1. The molecule has 3 heterocycles. The normalized spacial score (nSPS) is 17.8. The molecule has 1 fully saturated rings. The van der Waals surface area contributed by atoms with Crippen LogP contribution in [0.4, 0.5) is 10.1 Å². The number of hydrogen-bond acceptors (Lipinski definition) is 5. The summed E-state index contributed by atoms with van der Waals surface area (Å²) in [6, 6.07) is 9.40. The van der Waals surface area contributed by atoms with Crippen LogP contribution in [0, 0.1) is 5.82 Å². The molecular formula is C26H25ClFN5O2. The van der Waals surface area contributed by atoms with Crippen LogP contribution in [-0.2, 0) is 7.05 Å². The van der Waals surface area contributed by atoms with Crippen molar-refractivity contribution in [3.63, 3.8) is 0 Å². The summed E-state index contributed by atoms with van der Waals surface area (Å²) in [5.74, 6) is -0.593. The predicted molar refractivity (Wildman–Crippen MR) is 136 cm³/mol. The number of nitrogens with two attached hydrogens (primary N) is 1.